The number of aromatic nitrogens is 1. The van der Waals surface area contributed by atoms with Crippen LogP contribution in [0.3, 0.4) is 0 Å². The van der Waals surface area contributed by atoms with E-state index < -0.39 is 17.2 Å². The van der Waals surface area contributed by atoms with Crippen LogP contribution in [0.1, 0.15) is 30.4 Å². The molecule has 0 amide bonds. The molecule has 2 fully saturated rings. The van der Waals surface area contributed by atoms with Gasteiger partial charge >= 0.3 is 0 Å². The van der Waals surface area contributed by atoms with E-state index in [0.717, 1.165) is 43.5 Å². The summed E-state index contributed by atoms with van der Waals surface area (Å²) in [7, 11) is 0. The van der Waals surface area contributed by atoms with Gasteiger partial charge in [0.2, 0.25) is 0 Å². The molecule has 3 nitrogen and oxygen atoms in total. The zero-order valence-corrected chi connectivity index (χ0v) is 14.0. The van der Waals surface area contributed by atoms with Gasteiger partial charge in [0.15, 0.2) is 11.6 Å². The fourth-order valence-electron chi connectivity index (χ4n) is 4.62. The maximum absolute atomic E-state index is 13.5. The molecule has 5 heteroatoms. The number of nitrogens with zero attached hydrogens (tertiary/aromatic N) is 2. The number of benzene rings is 1. The second-order valence-electron chi connectivity index (χ2n) is 7.37. The average molecular weight is 344 g/mol. The van der Waals surface area contributed by atoms with Crippen LogP contribution < -0.4 is 0 Å². The third-order valence-corrected chi connectivity index (χ3v) is 5.81. The van der Waals surface area contributed by atoms with Crippen LogP contribution in [0.4, 0.5) is 8.78 Å². The van der Waals surface area contributed by atoms with E-state index in [1.165, 1.54) is 12.1 Å². The molecule has 4 rings (SSSR count). The van der Waals surface area contributed by atoms with Gasteiger partial charge in [-0.1, -0.05) is 12.1 Å². The molecule has 1 aliphatic heterocycles. The molecule has 1 aromatic heterocycles. The van der Waals surface area contributed by atoms with Gasteiger partial charge in [-0.2, -0.15) is 0 Å². The Morgan fingerprint density at radius 2 is 2.08 bits per heavy atom. The van der Waals surface area contributed by atoms with Crippen molar-refractivity contribution < 1.29 is 13.9 Å². The minimum atomic E-state index is -0.847. The van der Waals surface area contributed by atoms with Gasteiger partial charge < -0.3 is 5.11 Å². The Labute approximate surface area is 146 Å². The molecule has 0 spiro atoms. The molecule has 1 saturated heterocycles. The van der Waals surface area contributed by atoms with E-state index in [0.29, 0.717) is 12.5 Å². The molecule has 0 radical (unpaired) electrons. The van der Waals surface area contributed by atoms with Crippen molar-refractivity contribution in [1.82, 2.24) is 9.88 Å². The van der Waals surface area contributed by atoms with Gasteiger partial charge in [-0.25, -0.2) is 8.78 Å². The first kappa shape index (κ1) is 16.6. The Balaban J connectivity index is 1.53. The summed E-state index contributed by atoms with van der Waals surface area (Å²) in [5, 5.41) is 11.4. The third kappa shape index (κ3) is 3.07. The number of pyridine rings is 1. The second kappa shape index (κ2) is 6.46. The van der Waals surface area contributed by atoms with Crippen LogP contribution >= 0.6 is 0 Å². The highest BCUT2D eigenvalue weighted by atomic mass is 19.2. The first-order valence-electron chi connectivity index (χ1n) is 8.85. The van der Waals surface area contributed by atoms with Crippen LogP contribution in [0.5, 0.6) is 0 Å². The highest BCUT2D eigenvalue weighted by Gasteiger charge is 2.49. The minimum absolute atomic E-state index is 0.149. The molecule has 0 bridgehead atoms. The summed E-state index contributed by atoms with van der Waals surface area (Å²) in [5.41, 5.74) is 0.807. The molecule has 1 aromatic carbocycles. The quantitative estimate of drug-likeness (QED) is 0.926. The summed E-state index contributed by atoms with van der Waals surface area (Å²) in [6.45, 7) is 2.22. The van der Waals surface area contributed by atoms with Crippen molar-refractivity contribution in [3.63, 3.8) is 0 Å². The van der Waals surface area contributed by atoms with Crippen molar-refractivity contribution >= 4 is 0 Å². The lowest BCUT2D eigenvalue weighted by Gasteiger charge is -2.41. The summed E-state index contributed by atoms with van der Waals surface area (Å²) in [5.74, 6) is -1.05. The van der Waals surface area contributed by atoms with Crippen molar-refractivity contribution in [2.75, 3.05) is 13.1 Å². The van der Waals surface area contributed by atoms with Crippen LogP contribution in [0.15, 0.2) is 42.7 Å². The largest absolute Gasteiger partial charge is 0.385 e. The van der Waals surface area contributed by atoms with Crippen LogP contribution in [0, 0.1) is 23.5 Å². The number of fused-ring (bicyclic) bond motifs is 1. The average Bonchev–Trinajstić information content (AvgIpc) is 3.03. The van der Waals surface area contributed by atoms with E-state index >= 15 is 0 Å². The van der Waals surface area contributed by atoms with Gasteiger partial charge in [0, 0.05) is 43.5 Å². The minimum Gasteiger partial charge on any atom is -0.385 e. The number of hydrogen-bond donors (Lipinski definition) is 1. The van der Waals surface area contributed by atoms with Crippen LogP contribution in [-0.4, -0.2) is 28.1 Å². The zero-order chi connectivity index (χ0) is 17.4. The van der Waals surface area contributed by atoms with Crippen molar-refractivity contribution in [2.45, 2.75) is 31.4 Å². The van der Waals surface area contributed by atoms with E-state index in [1.807, 2.05) is 12.1 Å². The van der Waals surface area contributed by atoms with Crippen LogP contribution in [-0.2, 0) is 12.1 Å². The van der Waals surface area contributed by atoms with Crippen molar-refractivity contribution in [1.29, 1.82) is 0 Å². The molecule has 1 N–H and O–H groups in total. The van der Waals surface area contributed by atoms with Crippen molar-refractivity contribution in [2.24, 2.45) is 11.8 Å². The highest BCUT2D eigenvalue weighted by Crippen LogP contribution is 2.48. The number of hydrogen-bond acceptors (Lipinski definition) is 3. The molecule has 1 aliphatic carbocycles. The summed E-state index contributed by atoms with van der Waals surface area (Å²) in [6.07, 6.45) is 6.32. The monoisotopic (exact) mass is 344 g/mol. The Bertz CT molecular complexity index is 755. The zero-order valence-electron chi connectivity index (χ0n) is 14.0. The summed E-state index contributed by atoms with van der Waals surface area (Å²) >= 11 is 0. The first-order valence-corrected chi connectivity index (χ1v) is 8.85. The Hall–Kier alpha value is -1.85. The van der Waals surface area contributed by atoms with E-state index in [4.69, 9.17) is 0 Å². The molecular formula is C20H22F2N2O. The smallest absolute Gasteiger partial charge is 0.159 e. The van der Waals surface area contributed by atoms with Crippen LogP contribution in [0.25, 0.3) is 0 Å². The lowest BCUT2D eigenvalue weighted by molar-refractivity contribution is -0.0650. The SMILES string of the molecule is O[C@@]1(c2cccnc2)CCC[C@@H]2CN(Cc3ccc(F)c(F)c3)C[C@@H]21. The standard InChI is InChI=1S/C20H22F2N2O/c21-18-6-5-14(9-19(18)22)11-24-12-15-3-1-7-20(25,17(15)13-24)16-4-2-8-23-10-16/h2,4-6,8-10,15,17,25H,1,3,7,11-13H2/t15-,17+,20-/m1/s1. The fourth-order valence-corrected chi connectivity index (χ4v) is 4.62. The van der Waals surface area contributed by atoms with Crippen LogP contribution in [0.2, 0.25) is 0 Å². The number of halogens is 2. The number of aliphatic hydroxyl groups is 1. The fraction of sp³-hybridized carbons (Fsp3) is 0.450. The molecule has 0 unspecified atom stereocenters. The van der Waals surface area contributed by atoms with Gasteiger partial charge in [0.1, 0.15) is 0 Å². The molecule has 2 aliphatic rings. The summed E-state index contributed by atoms with van der Waals surface area (Å²) < 4.78 is 26.6. The normalized spacial score (nSPS) is 29.6. The molecular weight excluding hydrogens is 322 g/mol. The van der Waals surface area contributed by atoms with Gasteiger partial charge in [0.05, 0.1) is 5.60 Å². The maximum Gasteiger partial charge on any atom is 0.159 e. The molecule has 3 atom stereocenters. The van der Waals surface area contributed by atoms with Crippen molar-refractivity contribution in [3.8, 4) is 0 Å². The molecule has 2 aromatic rings. The number of likely N-dealkylation sites (tertiary alicyclic amines) is 1. The van der Waals surface area contributed by atoms with E-state index in [9.17, 15) is 13.9 Å². The Morgan fingerprint density at radius 3 is 2.84 bits per heavy atom. The predicted molar refractivity (Wildman–Crippen MR) is 90.6 cm³/mol. The predicted octanol–water partition coefficient (Wildman–Crippen LogP) is 3.48. The molecule has 1 saturated carbocycles. The lowest BCUT2D eigenvalue weighted by atomic mass is 9.68. The van der Waals surface area contributed by atoms with E-state index in [2.05, 4.69) is 9.88 Å². The third-order valence-electron chi connectivity index (χ3n) is 5.81. The van der Waals surface area contributed by atoms with E-state index in [-0.39, 0.29) is 5.92 Å². The second-order valence-corrected chi connectivity index (χ2v) is 7.37. The summed E-state index contributed by atoms with van der Waals surface area (Å²) in [6, 6.07) is 7.90. The van der Waals surface area contributed by atoms with E-state index in [1.54, 1.807) is 18.5 Å². The van der Waals surface area contributed by atoms with Gasteiger partial charge in [-0.3, -0.25) is 9.88 Å². The molecule has 132 valence electrons. The maximum atomic E-state index is 13.5. The Kier molecular flexibility index (Phi) is 4.29. The van der Waals surface area contributed by atoms with Gasteiger partial charge in [-0.05, 0) is 48.9 Å². The van der Waals surface area contributed by atoms with Gasteiger partial charge in [0.25, 0.3) is 0 Å². The number of rotatable bonds is 3. The Morgan fingerprint density at radius 1 is 1.20 bits per heavy atom. The topological polar surface area (TPSA) is 36.4 Å². The van der Waals surface area contributed by atoms with Crippen molar-refractivity contribution in [3.05, 3.63) is 65.5 Å². The lowest BCUT2D eigenvalue weighted by Crippen LogP contribution is -2.42. The highest BCUT2D eigenvalue weighted by molar-refractivity contribution is 5.23. The summed E-state index contributed by atoms with van der Waals surface area (Å²) in [4.78, 5) is 6.42. The molecule has 25 heavy (non-hydrogen) atoms. The molecule has 2 heterocycles. The first-order chi connectivity index (χ1) is 12.1. The van der Waals surface area contributed by atoms with Gasteiger partial charge in [-0.15, -0.1) is 0 Å².